The molecule has 0 amide bonds. The molecule has 0 fully saturated rings. The van der Waals surface area contributed by atoms with Crippen LogP contribution in [0.1, 0.15) is 16.8 Å². The van der Waals surface area contributed by atoms with Gasteiger partial charge in [0.05, 0.1) is 17.3 Å². The van der Waals surface area contributed by atoms with E-state index in [-0.39, 0.29) is 22.3 Å². The van der Waals surface area contributed by atoms with Crippen LogP contribution in [0, 0.1) is 5.82 Å². The second-order valence-electron chi connectivity index (χ2n) is 5.35. The molecule has 0 aliphatic heterocycles. The molecule has 0 bridgehead atoms. The summed E-state index contributed by atoms with van der Waals surface area (Å²) in [6, 6.07) is 3.71. The van der Waals surface area contributed by atoms with Crippen molar-refractivity contribution in [1.29, 1.82) is 0 Å². The topological polar surface area (TPSA) is 75.5 Å². The highest BCUT2D eigenvalue weighted by Crippen LogP contribution is 2.30. The van der Waals surface area contributed by atoms with Crippen molar-refractivity contribution in [1.82, 2.24) is 14.9 Å². The molecule has 0 radical (unpaired) electrons. The van der Waals surface area contributed by atoms with E-state index in [4.69, 9.17) is 16.3 Å². The maximum absolute atomic E-state index is 13.2. The van der Waals surface area contributed by atoms with Crippen LogP contribution in [-0.4, -0.2) is 53.2 Å². The SMILES string of the molecule is CN(C)CCCOc1ncc(C(=O)O)c(-c2ccc(F)cc2Cl)n1. The monoisotopic (exact) mass is 353 g/mol. The summed E-state index contributed by atoms with van der Waals surface area (Å²) in [6.45, 7) is 1.23. The second kappa shape index (κ2) is 8.03. The summed E-state index contributed by atoms with van der Waals surface area (Å²) in [5.74, 6) is -1.72. The molecule has 0 spiro atoms. The molecule has 1 heterocycles. The van der Waals surface area contributed by atoms with Gasteiger partial charge in [0.15, 0.2) is 0 Å². The van der Waals surface area contributed by atoms with E-state index in [0.29, 0.717) is 12.2 Å². The molecule has 2 rings (SSSR count). The molecule has 128 valence electrons. The van der Waals surface area contributed by atoms with Gasteiger partial charge in [-0.3, -0.25) is 0 Å². The molecule has 1 aromatic heterocycles. The molecule has 0 saturated heterocycles. The fourth-order valence-corrected chi connectivity index (χ4v) is 2.28. The molecule has 0 unspecified atom stereocenters. The summed E-state index contributed by atoms with van der Waals surface area (Å²) in [4.78, 5) is 21.4. The number of carboxylic acid groups (broad SMARTS) is 1. The van der Waals surface area contributed by atoms with E-state index in [1.165, 1.54) is 12.1 Å². The largest absolute Gasteiger partial charge is 0.478 e. The minimum absolute atomic E-state index is 0.0501. The van der Waals surface area contributed by atoms with Crippen molar-refractivity contribution in [2.75, 3.05) is 27.2 Å². The molecule has 0 saturated carbocycles. The zero-order valence-corrected chi connectivity index (χ0v) is 14.0. The highest BCUT2D eigenvalue weighted by molar-refractivity contribution is 6.33. The van der Waals surface area contributed by atoms with E-state index in [2.05, 4.69) is 9.97 Å². The van der Waals surface area contributed by atoms with Crippen LogP contribution in [0.3, 0.4) is 0 Å². The van der Waals surface area contributed by atoms with Gasteiger partial charge < -0.3 is 14.7 Å². The number of carboxylic acids is 1. The first-order valence-electron chi connectivity index (χ1n) is 7.21. The number of aromatic nitrogens is 2. The molecule has 0 aliphatic carbocycles. The maximum atomic E-state index is 13.2. The lowest BCUT2D eigenvalue weighted by Gasteiger charge is -2.11. The summed E-state index contributed by atoms with van der Waals surface area (Å²) in [6.07, 6.45) is 1.93. The van der Waals surface area contributed by atoms with Crippen molar-refractivity contribution in [2.45, 2.75) is 6.42 Å². The zero-order valence-electron chi connectivity index (χ0n) is 13.3. The van der Waals surface area contributed by atoms with E-state index >= 15 is 0 Å². The molecule has 1 N–H and O–H groups in total. The van der Waals surface area contributed by atoms with Crippen LogP contribution >= 0.6 is 11.6 Å². The number of hydrogen-bond donors (Lipinski definition) is 1. The third-order valence-electron chi connectivity index (χ3n) is 3.16. The molecule has 1 aromatic carbocycles. The number of nitrogens with zero attached hydrogens (tertiary/aromatic N) is 3. The van der Waals surface area contributed by atoms with Crippen LogP contribution in [0.5, 0.6) is 6.01 Å². The van der Waals surface area contributed by atoms with Crippen molar-refractivity contribution < 1.29 is 19.0 Å². The normalized spacial score (nSPS) is 10.9. The van der Waals surface area contributed by atoms with Crippen LogP contribution in [0.25, 0.3) is 11.3 Å². The number of carbonyl (C=O) groups is 1. The Labute approximate surface area is 143 Å². The average Bonchev–Trinajstić information content (AvgIpc) is 2.51. The highest BCUT2D eigenvalue weighted by Gasteiger charge is 2.18. The molecule has 0 atom stereocenters. The van der Waals surface area contributed by atoms with Crippen LogP contribution < -0.4 is 4.74 Å². The Morgan fingerprint density at radius 3 is 2.79 bits per heavy atom. The smallest absolute Gasteiger partial charge is 0.339 e. The molecule has 2 aromatic rings. The predicted octanol–water partition coefficient (Wildman–Crippen LogP) is 2.96. The maximum Gasteiger partial charge on any atom is 0.339 e. The number of aromatic carboxylic acids is 1. The van der Waals surface area contributed by atoms with Crippen LogP contribution in [-0.2, 0) is 0 Å². The van der Waals surface area contributed by atoms with Gasteiger partial charge in [-0.05, 0) is 38.7 Å². The van der Waals surface area contributed by atoms with E-state index in [0.717, 1.165) is 25.2 Å². The van der Waals surface area contributed by atoms with E-state index < -0.39 is 11.8 Å². The van der Waals surface area contributed by atoms with Gasteiger partial charge in [-0.25, -0.2) is 14.2 Å². The van der Waals surface area contributed by atoms with Gasteiger partial charge in [0.1, 0.15) is 11.4 Å². The number of ether oxygens (including phenoxy) is 1. The third kappa shape index (κ3) is 4.62. The Morgan fingerprint density at radius 1 is 1.42 bits per heavy atom. The molecule has 24 heavy (non-hydrogen) atoms. The van der Waals surface area contributed by atoms with E-state index in [1.54, 1.807) is 0 Å². The first kappa shape index (κ1) is 18.1. The van der Waals surface area contributed by atoms with E-state index in [9.17, 15) is 14.3 Å². The van der Waals surface area contributed by atoms with Gasteiger partial charge in [0, 0.05) is 18.3 Å². The highest BCUT2D eigenvalue weighted by atomic mass is 35.5. The van der Waals surface area contributed by atoms with Gasteiger partial charge in [0.2, 0.25) is 0 Å². The van der Waals surface area contributed by atoms with Gasteiger partial charge in [-0.2, -0.15) is 4.98 Å². The lowest BCUT2D eigenvalue weighted by molar-refractivity contribution is 0.0696. The summed E-state index contributed by atoms with van der Waals surface area (Å²) in [5.41, 5.74) is 0.255. The average molecular weight is 354 g/mol. The molecular weight excluding hydrogens is 337 g/mol. The van der Waals surface area contributed by atoms with E-state index in [1.807, 2.05) is 19.0 Å². The minimum Gasteiger partial charge on any atom is -0.478 e. The molecule has 6 nitrogen and oxygen atoms in total. The molecular formula is C16H17ClFN3O3. The predicted molar refractivity (Wildman–Crippen MR) is 88.1 cm³/mol. The van der Waals surface area contributed by atoms with Crippen molar-refractivity contribution in [3.8, 4) is 17.3 Å². The van der Waals surface area contributed by atoms with Gasteiger partial charge in [-0.15, -0.1) is 0 Å². The van der Waals surface area contributed by atoms with Crippen LogP contribution in [0.15, 0.2) is 24.4 Å². The van der Waals surface area contributed by atoms with Crippen LogP contribution in [0.4, 0.5) is 4.39 Å². The number of benzene rings is 1. The second-order valence-corrected chi connectivity index (χ2v) is 5.76. The standard InChI is InChI=1S/C16H17ClFN3O3/c1-21(2)6-3-7-24-16-19-9-12(15(22)23)14(20-16)11-5-4-10(18)8-13(11)17/h4-5,8-9H,3,6-7H2,1-2H3,(H,22,23). The number of halogens is 2. The first-order chi connectivity index (χ1) is 11.4. The number of hydrogen-bond acceptors (Lipinski definition) is 5. The molecule has 0 aliphatic rings. The van der Waals surface area contributed by atoms with Crippen molar-refractivity contribution in [3.05, 3.63) is 40.8 Å². The Bertz CT molecular complexity index is 741. The fraction of sp³-hybridized carbons (Fsp3) is 0.312. The van der Waals surface area contributed by atoms with Crippen molar-refractivity contribution in [2.24, 2.45) is 0 Å². The number of rotatable bonds is 7. The van der Waals surface area contributed by atoms with Crippen molar-refractivity contribution in [3.63, 3.8) is 0 Å². The Hall–Kier alpha value is -2.25. The lowest BCUT2D eigenvalue weighted by atomic mass is 10.1. The van der Waals surface area contributed by atoms with Gasteiger partial charge >= 0.3 is 12.0 Å². The summed E-state index contributed by atoms with van der Waals surface area (Å²) in [5, 5.41) is 9.36. The first-order valence-corrected chi connectivity index (χ1v) is 7.59. The van der Waals surface area contributed by atoms with Gasteiger partial charge in [0.25, 0.3) is 0 Å². The summed E-state index contributed by atoms with van der Waals surface area (Å²) in [7, 11) is 3.90. The van der Waals surface area contributed by atoms with Gasteiger partial charge in [-0.1, -0.05) is 11.6 Å². The molecule has 8 heteroatoms. The zero-order chi connectivity index (χ0) is 17.7. The summed E-state index contributed by atoms with van der Waals surface area (Å²) < 4.78 is 18.7. The Balaban J connectivity index is 2.30. The quantitative estimate of drug-likeness (QED) is 0.771. The van der Waals surface area contributed by atoms with Crippen LogP contribution in [0.2, 0.25) is 5.02 Å². The Kier molecular flexibility index (Phi) is 6.05. The minimum atomic E-state index is -1.20. The lowest BCUT2D eigenvalue weighted by Crippen LogP contribution is -2.16. The Morgan fingerprint density at radius 2 is 2.17 bits per heavy atom. The fourth-order valence-electron chi connectivity index (χ4n) is 2.02. The van der Waals surface area contributed by atoms with Crippen molar-refractivity contribution >= 4 is 17.6 Å². The third-order valence-corrected chi connectivity index (χ3v) is 3.48. The summed E-state index contributed by atoms with van der Waals surface area (Å²) >= 11 is 6.02.